The molecule has 0 saturated heterocycles. The lowest BCUT2D eigenvalue weighted by molar-refractivity contribution is -0.136. The van der Waals surface area contributed by atoms with Gasteiger partial charge in [0.1, 0.15) is 12.7 Å². The molecule has 5 nitrogen and oxygen atoms in total. The second-order valence-electron chi connectivity index (χ2n) is 2.42. The van der Waals surface area contributed by atoms with E-state index >= 15 is 0 Å². The molecule has 0 fully saturated rings. The third-order valence-electron chi connectivity index (χ3n) is 1.15. The summed E-state index contributed by atoms with van der Waals surface area (Å²) in [5.74, 6) is -0.220. The summed E-state index contributed by atoms with van der Waals surface area (Å²) in [6.45, 7) is 5.41. The lowest BCUT2D eigenvalue weighted by atomic mass is 10.3. The van der Waals surface area contributed by atoms with Gasteiger partial charge >= 0.3 is 0 Å². The van der Waals surface area contributed by atoms with Crippen LogP contribution in [-0.4, -0.2) is 35.4 Å². The lowest BCUT2D eigenvalue weighted by Gasteiger charge is -2.07. The van der Waals surface area contributed by atoms with Crippen LogP contribution in [0, 0.1) is 0 Å². The second kappa shape index (κ2) is 12.3. The summed E-state index contributed by atoms with van der Waals surface area (Å²) in [5, 5.41) is 17.1. The van der Waals surface area contributed by atoms with Crippen LogP contribution in [0.5, 0.6) is 0 Å². The van der Waals surface area contributed by atoms with Crippen LogP contribution < -0.4 is 5.48 Å². The molecule has 0 rings (SSSR count). The van der Waals surface area contributed by atoms with Crippen molar-refractivity contribution in [3.8, 4) is 0 Å². The summed E-state index contributed by atoms with van der Waals surface area (Å²) in [6, 6.07) is 0. The molecule has 0 aliphatic rings. The maximum atomic E-state index is 10.7. The molecule has 1 atom stereocenters. The Morgan fingerprint density at radius 2 is 2.07 bits per heavy atom. The fourth-order valence-corrected chi connectivity index (χ4v) is 0.549. The molecule has 0 spiro atoms. The maximum absolute atomic E-state index is 10.7. The summed E-state index contributed by atoms with van der Waals surface area (Å²) >= 11 is 0. The molecular weight excluding hydrogens is 186 g/mol. The Balaban J connectivity index is 0. The van der Waals surface area contributed by atoms with E-state index in [0.29, 0.717) is 6.42 Å². The molecule has 1 amide bonds. The third-order valence-corrected chi connectivity index (χ3v) is 1.15. The number of hydrogen-bond donors (Lipinski definition) is 3. The van der Waals surface area contributed by atoms with Crippen LogP contribution in [0.1, 0.15) is 33.6 Å². The van der Waals surface area contributed by atoms with Crippen molar-refractivity contribution in [3.63, 3.8) is 0 Å². The number of hydroxylamine groups is 1. The van der Waals surface area contributed by atoms with Crippen LogP contribution in [0.3, 0.4) is 0 Å². The molecule has 0 aliphatic carbocycles. The molecule has 0 aromatic carbocycles. The first-order valence-electron chi connectivity index (χ1n) is 4.90. The number of carbonyl (C=O) groups is 1. The molecule has 0 radical (unpaired) electrons. The van der Waals surface area contributed by atoms with Gasteiger partial charge < -0.3 is 10.2 Å². The minimum Gasteiger partial charge on any atom is -0.394 e. The van der Waals surface area contributed by atoms with Crippen molar-refractivity contribution in [1.29, 1.82) is 0 Å². The van der Waals surface area contributed by atoms with Crippen LogP contribution >= 0.6 is 0 Å². The Hall–Kier alpha value is -0.650. The van der Waals surface area contributed by atoms with Gasteiger partial charge in [0.25, 0.3) is 0 Å². The van der Waals surface area contributed by atoms with Crippen molar-refractivity contribution in [2.45, 2.75) is 39.7 Å². The van der Waals surface area contributed by atoms with Crippen LogP contribution in [0.2, 0.25) is 0 Å². The largest absolute Gasteiger partial charge is 0.394 e. The fraction of sp³-hybridized carbons (Fsp3) is 0.889. The zero-order valence-electron chi connectivity index (χ0n) is 9.12. The van der Waals surface area contributed by atoms with Gasteiger partial charge in [-0.05, 0) is 6.42 Å². The van der Waals surface area contributed by atoms with Crippen molar-refractivity contribution < 1.29 is 19.8 Å². The average molecular weight is 207 g/mol. The molecule has 0 aromatic rings. The molecule has 0 aliphatic heterocycles. The minimum atomic E-state index is -0.938. The first-order valence-corrected chi connectivity index (χ1v) is 4.90. The van der Waals surface area contributed by atoms with Crippen molar-refractivity contribution in [2.75, 3.05) is 13.2 Å². The summed E-state index contributed by atoms with van der Waals surface area (Å²) < 4.78 is 0. The number of amides is 1. The van der Waals surface area contributed by atoms with E-state index in [9.17, 15) is 4.79 Å². The second-order valence-corrected chi connectivity index (χ2v) is 2.42. The average Bonchev–Trinajstić information content (AvgIpc) is 2.21. The normalized spacial score (nSPS) is 11.2. The van der Waals surface area contributed by atoms with Gasteiger partial charge in [-0.25, -0.2) is 5.48 Å². The van der Waals surface area contributed by atoms with Crippen LogP contribution in [0.4, 0.5) is 0 Å². The molecule has 86 valence electrons. The maximum Gasteiger partial charge on any atom is 0.243 e. The summed E-state index contributed by atoms with van der Waals surface area (Å²) in [4.78, 5) is 15.3. The first kappa shape index (κ1) is 15.8. The molecular formula is C9H21NO4. The predicted octanol–water partition coefficient (Wildman–Crippen LogP) is 0.214. The minimum absolute atomic E-state index is 0.0913. The van der Waals surface area contributed by atoms with Gasteiger partial charge in [0.05, 0.1) is 6.61 Å². The van der Waals surface area contributed by atoms with Gasteiger partial charge in [-0.3, -0.25) is 9.63 Å². The number of hydrogen-bond acceptors (Lipinski definition) is 4. The molecule has 3 N–H and O–H groups in total. The number of carbonyl (C=O) groups excluding carboxylic acids is 1. The van der Waals surface area contributed by atoms with E-state index < -0.39 is 6.10 Å². The third kappa shape index (κ3) is 11.4. The van der Waals surface area contributed by atoms with Crippen molar-refractivity contribution in [2.24, 2.45) is 0 Å². The Bertz CT molecular complexity index is 130. The van der Waals surface area contributed by atoms with Gasteiger partial charge in [-0.1, -0.05) is 20.8 Å². The molecule has 0 heterocycles. The van der Waals surface area contributed by atoms with Crippen molar-refractivity contribution >= 4 is 5.91 Å². The number of nitrogens with one attached hydrogen (secondary N) is 1. The van der Waals surface area contributed by atoms with Gasteiger partial charge in [-0.15, -0.1) is 0 Å². The molecule has 0 bridgehead atoms. The van der Waals surface area contributed by atoms with Crippen LogP contribution in [0.25, 0.3) is 0 Å². The summed E-state index contributed by atoms with van der Waals surface area (Å²) in [6.07, 6.45) is 0.208. The molecule has 0 saturated carbocycles. The number of rotatable bonds is 6. The SMILES string of the molecule is CC.CCCC(=O)NOCC(O)CO. The van der Waals surface area contributed by atoms with E-state index in [-0.39, 0.29) is 19.1 Å². The van der Waals surface area contributed by atoms with Gasteiger partial charge in [0.15, 0.2) is 0 Å². The van der Waals surface area contributed by atoms with Gasteiger partial charge in [-0.2, -0.15) is 0 Å². The molecule has 0 aromatic heterocycles. The van der Waals surface area contributed by atoms with E-state index in [1.54, 1.807) is 0 Å². The quantitative estimate of drug-likeness (QED) is 0.544. The van der Waals surface area contributed by atoms with E-state index in [1.165, 1.54) is 0 Å². The Kier molecular flexibility index (Phi) is 13.9. The Morgan fingerprint density at radius 1 is 1.50 bits per heavy atom. The monoisotopic (exact) mass is 207 g/mol. The highest BCUT2D eigenvalue weighted by atomic mass is 16.7. The van der Waals surface area contributed by atoms with E-state index in [1.807, 2.05) is 20.8 Å². The van der Waals surface area contributed by atoms with E-state index in [2.05, 4.69) is 10.3 Å². The Labute approximate surface area is 85.0 Å². The fourth-order valence-electron chi connectivity index (χ4n) is 0.549. The summed E-state index contributed by atoms with van der Waals surface area (Å²) in [5.41, 5.74) is 2.14. The Morgan fingerprint density at radius 3 is 2.50 bits per heavy atom. The zero-order chi connectivity index (χ0) is 11.4. The number of aliphatic hydroxyl groups is 2. The van der Waals surface area contributed by atoms with Crippen molar-refractivity contribution in [3.05, 3.63) is 0 Å². The van der Waals surface area contributed by atoms with E-state index in [0.717, 1.165) is 6.42 Å². The lowest BCUT2D eigenvalue weighted by Crippen LogP contribution is -2.29. The highest BCUT2D eigenvalue weighted by Crippen LogP contribution is 1.86. The van der Waals surface area contributed by atoms with Crippen LogP contribution in [0.15, 0.2) is 0 Å². The highest BCUT2D eigenvalue weighted by molar-refractivity contribution is 5.74. The topological polar surface area (TPSA) is 78.8 Å². The molecule has 1 unspecified atom stereocenters. The van der Waals surface area contributed by atoms with Crippen LogP contribution in [-0.2, 0) is 9.63 Å². The predicted molar refractivity (Wildman–Crippen MR) is 53.4 cm³/mol. The highest BCUT2D eigenvalue weighted by Gasteiger charge is 2.03. The first-order chi connectivity index (χ1) is 6.70. The molecule has 5 heteroatoms. The standard InChI is InChI=1S/C7H15NO4.C2H6/c1-2-3-7(11)8-12-5-6(10)4-9;1-2/h6,9-10H,2-5H2,1H3,(H,8,11);1-2H3. The number of aliphatic hydroxyl groups excluding tert-OH is 2. The smallest absolute Gasteiger partial charge is 0.243 e. The zero-order valence-corrected chi connectivity index (χ0v) is 9.12. The summed E-state index contributed by atoms with van der Waals surface area (Å²) in [7, 11) is 0. The van der Waals surface area contributed by atoms with Gasteiger partial charge in [0, 0.05) is 6.42 Å². The van der Waals surface area contributed by atoms with E-state index in [4.69, 9.17) is 10.2 Å². The molecule has 14 heavy (non-hydrogen) atoms. The van der Waals surface area contributed by atoms with Gasteiger partial charge in [0.2, 0.25) is 5.91 Å². The van der Waals surface area contributed by atoms with Crippen molar-refractivity contribution in [1.82, 2.24) is 5.48 Å².